The molecule has 2 heteroatoms. The van der Waals surface area contributed by atoms with Gasteiger partial charge in [0.05, 0.1) is 6.33 Å². The summed E-state index contributed by atoms with van der Waals surface area (Å²) in [5, 5.41) is 0. The summed E-state index contributed by atoms with van der Waals surface area (Å²) >= 11 is 0. The molecule has 1 heterocycles. The van der Waals surface area contributed by atoms with Gasteiger partial charge in [0.25, 0.3) is 0 Å². The van der Waals surface area contributed by atoms with Crippen molar-refractivity contribution in [3.63, 3.8) is 0 Å². The van der Waals surface area contributed by atoms with Gasteiger partial charge in [0.2, 0.25) is 0 Å². The van der Waals surface area contributed by atoms with Gasteiger partial charge >= 0.3 is 0 Å². The van der Waals surface area contributed by atoms with Crippen LogP contribution in [0, 0.1) is 5.92 Å². The average Bonchev–Trinajstić information content (AvgIpc) is 3.38. The van der Waals surface area contributed by atoms with Gasteiger partial charge in [-0.3, -0.25) is 0 Å². The standard InChI is InChI=1S/C31H52N2/c1-3-4-5-6-7-8-9-10-11-12-13-14-15-16-17-21-24-31(27-30-22-19-18-20-23-30)29(2)33-26-25-32-28-33/h18-20,22-23,25-26,28-29,31H,3-17,21,24,27H2,1-2H3. The van der Waals surface area contributed by atoms with Crippen molar-refractivity contribution >= 4 is 0 Å². The minimum absolute atomic E-state index is 0.504. The maximum Gasteiger partial charge on any atom is 0.0948 e. The summed E-state index contributed by atoms with van der Waals surface area (Å²) < 4.78 is 2.29. The minimum Gasteiger partial charge on any atom is -0.334 e. The van der Waals surface area contributed by atoms with E-state index in [0.29, 0.717) is 12.0 Å². The third-order valence-electron chi connectivity index (χ3n) is 7.45. The van der Waals surface area contributed by atoms with E-state index in [-0.39, 0.29) is 0 Å². The van der Waals surface area contributed by atoms with Crippen molar-refractivity contribution in [3.8, 4) is 0 Å². The van der Waals surface area contributed by atoms with Gasteiger partial charge in [-0.1, -0.05) is 140 Å². The molecule has 0 N–H and O–H groups in total. The quantitative estimate of drug-likeness (QED) is 0.172. The average molecular weight is 453 g/mol. The molecule has 0 spiro atoms. The Balaban J connectivity index is 1.49. The minimum atomic E-state index is 0.504. The highest BCUT2D eigenvalue weighted by atomic mass is 15.0. The van der Waals surface area contributed by atoms with Gasteiger partial charge in [-0.2, -0.15) is 0 Å². The molecule has 186 valence electrons. The van der Waals surface area contributed by atoms with Gasteiger partial charge in [0.1, 0.15) is 0 Å². The Hall–Kier alpha value is -1.57. The lowest BCUT2D eigenvalue weighted by Crippen LogP contribution is -2.18. The van der Waals surface area contributed by atoms with E-state index in [9.17, 15) is 0 Å². The zero-order valence-corrected chi connectivity index (χ0v) is 21.9. The number of unbranched alkanes of at least 4 members (excludes halogenated alkanes) is 15. The van der Waals surface area contributed by atoms with Crippen molar-refractivity contribution in [1.82, 2.24) is 9.55 Å². The van der Waals surface area contributed by atoms with Crippen LogP contribution < -0.4 is 0 Å². The molecule has 0 aliphatic carbocycles. The van der Waals surface area contributed by atoms with Gasteiger partial charge in [0, 0.05) is 18.4 Å². The van der Waals surface area contributed by atoms with Crippen LogP contribution in [0.3, 0.4) is 0 Å². The third-order valence-corrected chi connectivity index (χ3v) is 7.45. The summed E-state index contributed by atoms with van der Waals surface area (Å²) in [5.74, 6) is 0.674. The highest BCUT2D eigenvalue weighted by molar-refractivity contribution is 5.15. The fourth-order valence-corrected chi connectivity index (χ4v) is 5.14. The molecule has 0 radical (unpaired) electrons. The number of nitrogens with zero attached hydrogens (tertiary/aromatic N) is 2. The van der Waals surface area contributed by atoms with Crippen LogP contribution >= 0.6 is 0 Å². The molecule has 2 rings (SSSR count). The summed E-state index contributed by atoms with van der Waals surface area (Å²) in [6, 6.07) is 11.5. The molecular weight excluding hydrogens is 400 g/mol. The molecule has 0 bridgehead atoms. The van der Waals surface area contributed by atoms with Crippen molar-refractivity contribution in [1.29, 1.82) is 0 Å². The summed E-state index contributed by atoms with van der Waals surface area (Å²) in [7, 11) is 0. The number of aromatic nitrogens is 2. The molecule has 2 nitrogen and oxygen atoms in total. The lowest BCUT2D eigenvalue weighted by molar-refractivity contribution is 0.318. The van der Waals surface area contributed by atoms with Gasteiger partial charge in [0.15, 0.2) is 0 Å². The molecule has 0 aliphatic rings. The number of rotatable bonds is 21. The zero-order valence-electron chi connectivity index (χ0n) is 21.9. The Morgan fingerprint density at radius 1 is 0.697 bits per heavy atom. The molecular formula is C31H52N2. The first-order valence-corrected chi connectivity index (χ1v) is 14.3. The lowest BCUT2D eigenvalue weighted by atomic mass is 9.88. The molecule has 0 fully saturated rings. The second-order valence-corrected chi connectivity index (χ2v) is 10.3. The maximum absolute atomic E-state index is 4.28. The van der Waals surface area contributed by atoms with E-state index in [1.165, 1.54) is 121 Å². The summed E-state index contributed by atoms with van der Waals surface area (Å²) in [5.41, 5.74) is 1.46. The summed E-state index contributed by atoms with van der Waals surface area (Å²) in [6.45, 7) is 4.66. The highest BCUT2D eigenvalue weighted by Crippen LogP contribution is 2.27. The van der Waals surface area contributed by atoms with Crippen molar-refractivity contribution < 1.29 is 0 Å². The third kappa shape index (κ3) is 13.0. The first kappa shape index (κ1) is 27.7. The summed E-state index contributed by atoms with van der Waals surface area (Å²) in [4.78, 5) is 4.28. The number of hydrogen-bond donors (Lipinski definition) is 0. The van der Waals surface area contributed by atoms with Crippen molar-refractivity contribution in [2.45, 2.75) is 135 Å². The van der Waals surface area contributed by atoms with E-state index in [1.807, 2.05) is 12.5 Å². The SMILES string of the molecule is CCCCCCCCCCCCCCCCCCC(Cc1ccccc1)C(C)n1ccnc1. The van der Waals surface area contributed by atoms with Crippen LogP contribution in [0.15, 0.2) is 49.1 Å². The number of imidazole rings is 1. The van der Waals surface area contributed by atoms with Crippen molar-refractivity contribution in [2.75, 3.05) is 0 Å². The normalized spacial score (nSPS) is 13.3. The molecule has 2 atom stereocenters. The van der Waals surface area contributed by atoms with E-state index in [0.717, 1.165) is 0 Å². The Morgan fingerprint density at radius 3 is 1.70 bits per heavy atom. The number of hydrogen-bond acceptors (Lipinski definition) is 1. The molecule has 33 heavy (non-hydrogen) atoms. The largest absolute Gasteiger partial charge is 0.334 e. The molecule has 2 unspecified atom stereocenters. The summed E-state index contributed by atoms with van der Waals surface area (Å²) in [6.07, 6.45) is 31.4. The second-order valence-electron chi connectivity index (χ2n) is 10.3. The Morgan fingerprint density at radius 2 is 1.21 bits per heavy atom. The molecule has 2 aromatic rings. The van der Waals surface area contributed by atoms with E-state index in [1.54, 1.807) is 0 Å². The van der Waals surface area contributed by atoms with E-state index in [4.69, 9.17) is 0 Å². The predicted octanol–water partition coefficient (Wildman–Crippen LogP) is 9.95. The van der Waals surface area contributed by atoms with Gasteiger partial charge in [-0.25, -0.2) is 4.98 Å². The van der Waals surface area contributed by atoms with Crippen LogP contribution in [-0.2, 0) is 6.42 Å². The zero-order chi connectivity index (χ0) is 23.4. The second kappa shape index (κ2) is 18.8. The molecule has 0 amide bonds. The Kier molecular flexibility index (Phi) is 15.8. The fourth-order valence-electron chi connectivity index (χ4n) is 5.14. The fraction of sp³-hybridized carbons (Fsp3) is 0.710. The van der Waals surface area contributed by atoms with Gasteiger partial charge in [-0.15, -0.1) is 0 Å². The van der Waals surface area contributed by atoms with E-state index >= 15 is 0 Å². The Labute approximate surface area is 205 Å². The molecule has 0 saturated heterocycles. The van der Waals surface area contributed by atoms with Gasteiger partial charge in [-0.05, 0) is 31.2 Å². The van der Waals surface area contributed by atoms with E-state index < -0.39 is 0 Å². The Bertz CT molecular complexity index is 649. The van der Waals surface area contributed by atoms with Crippen molar-refractivity contribution in [2.24, 2.45) is 5.92 Å². The smallest absolute Gasteiger partial charge is 0.0948 e. The first-order valence-electron chi connectivity index (χ1n) is 14.3. The lowest BCUT2D eigenvalue weighted by Gasteiger charge is -2.25. The molecule has 0 aliphatic heterocycles. The molecule has 0 saturated carbocycles. The predicted molar refractivity (Wildman–Crippen MR) is 145 cm³/mol. The topological polar surface area (TPSA) is 17.8 Å². The van der Waals surface area contributed by atoms with Crippen LogP contribution in [-0.4, -0.2) is 9.55 Å². The van der Waals surface area contributed by atoms with Gasteiger partial charge < -0.3 is 4.57 Å². The van der Waals surface area contributed by atoms with Crippen LogP contribution in [0.4, 0.5) is 0 Å². The van der Waals surface area contributed by atoms with Crippen LogP contribution in [0.25, 0.3) is 0 Å². The van der Waals surface area contributed by atoms with Crippen LogP contribution in [0.1, 0.15) is 135 Å². The molecule has 1 aromatic carbocycles. The van der Waals surface area contributed by atoms with Crippen LogP contribution in [0.5, 0.6) is 0 Å². The van der Waals surface area contributed by atoms with Crippen molar-refractivity contribution in [3.05, 3.63) is 54.6 Å². The first-order chi connectivity index (χ1) is 16.3. The highest BCUT2D eigenvalue weighted by Gasteiger charge is 2.18. The molecule has 1 aromatic heterocycles. The maximum atomic E-state index is 4.28. The number of benzene rings is 1. The monoisotopic (exact) mass is 452 g/mol. The van der Waals surface area contributed by atoms with Crippen LogP contribution in [0.2, 0.25) is 0 Å². The van der Waals surface area contributed by atoms with E-state index in [2.05, 4.69) is 59.9 Å².